The van der Waals surface area contributed by atoms with Crippen LogP contribution in [0.4, 0.5) is 0 Å². The van der Waals surface area contributed by atoms with E-state index in [1.165, 1.54) is 49.9 Å². The summed E-state index contributed by atoms with van der Waals surface area (Å²) in [6.07, 6.45) is 8.15. The van der Waals surface area contributed by atoms with E-state index in [0.29, 0.717) is 11.8 Å². The molecule has 0 unspecified atom stereocenters. The fourth-order valence-corrected chi connectivity index (χ4v) is 10.9. The van der Waals surface area contributed by atoms with Crippen molar-refractivity contribution in [1.29, 1.82) is 0 Å². The molecule has 5 nitrogen and oxygen atoms in total. The normalized spacial score (nSPS) is 12.6. The molecule has 0 fully saturated rings. The number of imidazole rings is 1. The van der Waals surface area contributed by atoms with E-state index in [0.717, 1.165) is 56.4 Å². The summed E-state index contributed by atoms with van der Waals surface area (Å²) in [5.41, 5.74) is 15.8. The Hall–Kier alpha value is -7.50. The number of aromatic nitrogens is 4. The van der Waals surface area contributed by atoms with Crippen molar-refractivity contribution < 1.29 is 9.30 Å². The SMILES string of the molecule is CC(C)c1cccc(C(C)C)c1-c1cc(Oc2ccc3c4ccccc4n(-c4cc(C(C)(C)c5ccccc5)ccn4)c3c2)cc(-n2[c-][n+](-c3cc(C(C)(C)C)cc(C(C)(C)c4ccccc4)c3)cc2C(C)(C)C)c1. The Kier molecular flexibility index (Phi) is 13.1. The first-order valence-corrected chi connectivity index (χ1v) is 26.9. The predicted octanol–water partition coefficient (Wildman–Crippen LogP) is 18.0. The van der Waals surface area contributed by atoms with E-state index in [1.54, 1.807) is 0 Å². The summed E-state index contributed by atoms with van der Waals surface area (Å²) in [5.74, 6) is 2.96. The van der Waals surface area contributed by atoms with E-state index in [2.05, 4.69) is 293 Å². The van der Waals surface area contributed by atoms with Crippen LogP contribution in [-0.4, -0.2) is 14.1 Å². The van der Waals surface area contributed by atoms with Gasteiger partial charge < -0.3 is 4.74 Å². The van der Waals surface area contributed by atoms with Gasteiger partial charge in [-0.3, -0.25) is 13.7 Å². The number of rotatable bonds is 12. The van der Waals surface area contributed by atoms with Crippen LogP contribution in [0.2, 0.25) is 0 Å². The molecule has 0 radical (unpaired) electrons. The minimum absolute atomic E-state index is 0.0801. The Morgan fingerprint density at radius 3 is 1.72 bits per heavy atom. The van der Waals surface area contributed by atoms with E-state index >= 15 is 0 Å². The van der Waals surface area contributed by atoms with Gasteiger partial charge in [0.2, 0.25) is 0 Å². The third-order valence-electron chi connectivity index (χ3n) is 15.6. The molecule has 0 aliphatic carbocycles. The van der Waals surface area contributed by atoms with Gasteiger partial charge in [0.1, 0.15) is 17.3 Å². The molecule has 0 saturated heterocycles. The quantitative estimate of drug-likeness (QED) is 0.0903. The molecular formula is C70H74N4O. The maximum absolute atomic E-state index is 7.23. The lowest BCUT2D eigenvalue weighted by atomic mass is 9.75. The lowest BCUT2D eigenvalue weighted by Crippen LogP contribution is -2.31. The van der Waals surface area contributed by atoms with E-state index < -0.39 is 0 Å². The van der Waals surface area contributed by atoms with Gasteiger partial charge in [-0.05, 0) is 133 Å². The van der Waals surface area contributed by atoms with Crippen molar-refractivity contribution in [3.05, 3.63) is 233 Å². The summed E-state index contributed by atoms with van der Waals surface area (Å²) in [6, 6.07) is 61.8. The van der Waals surface area contributed by atoms with Crippen molar-refractivity contribution in [3.63, 3.8) is 0 Å². The second-order valence-corrected chi connectivity index (χ2v) is 24.4. The van der Waals surface area contributed by atoms with Crippen molar-refractivity contribution >= 4 is 21.8 Å². The van der Waals surface area contributed by atoms with Gasteiger partial charge in [0.05, 0.1) is 28.1 Å². The fourth-order valence-electron chi connectivity index (χ4n) is 10.9. The Balaban J connectivity index is 1.16. The van der Waals surface area contributed by atoms with Crippen molar-refractivity contribution in [2.45, 2.75) is 130 Å². The number of benzene rings is 7. The first-order chi connectivity index (χ1) is 35.6. The number of fused-ring (bicyclic) bond motifs is 3. The molecule has 7 aromatic carbocycles. The second-order valence-electron chi connectivity index (χ2n) is 24.4. The third-order valence-corrected chi connectivity index (χ3v) is 15.6. The van der Waals surface area contributed by atoms with Crippen LogP contribution >= 0.6 is 0 Å². The summed E-state index contributed by atoms with van der Waals surface area (Å²) < 4.78 is 14.0. The number of pyridine rings is 1. The Labute approximate surface area is 446 Å². The molecule has 380 valence electrons. The van der Waals surface area contributed by atoms with Crippen LogP contribution < -0.4 is 9.30 Å². The van der Waals surface area contributed by atoms with Crippen LogP contribution in [0.5, 0.6) is 11.5 Å². The van der Waals surface area contributed by atoms with Crippen LogP contribution in [-0.2, 0) is 21.7 Å². The predicted molar refractivity (Wildman–Crippen MR) is 313 cm³/mol. The molecule has 10 aromatic rings. The molecule has 10 rings (SSSR count). The molecule has 0 spiro atoms. The van der Waals surface area contributed by atoms with Crippen molar-refractivity contribution in [2.24, 2.45) is 0 Å². The molecule has 0 amide bonds. The molecular weight excluding hydrogens is 913 g/mol. The van der Waals surface area contributed by atoms with Gasteiger partial charge in [0.25, 0.3) is 6.33 Å². The van der Waals surface area contributed by atoms with Crippen LogP contribution in [0.1, 0.15) is 153 Å². The highest BCUT2D eigenvalue weighted by Crippen LogP contribution is 2.43. The van der Waals surface area contributed by atoms with Gasteiger partial charge in [0.15, 0.2) is 0 Å². The summed E-state index contributed by atoms with van der Waals surface area (Å²) >= 11 is 0. The highest BCUT2D eigenvalue weighted by Gasteiger charge is 2.29. The zero-order chi connectivity index (χ0) is 53.2. The van der Waals surface area contributed by atoms with Gasteiger partial charge >= 0.3 is 0 Å². The molecule has 0 N–H and O–H groups in total. The minimum Gasteiger partial charge on any atom is -0.458 e. The third kappa shape index (κ3) is 9.74. The number of para-hydroxylation sites is 1. The Morgan fingerprint density at radius 1 is 0.493 bits per heavy atom. The first kappa shape index (κ1) is 51.0. The monoisotopic (exact) mass is 987 g/mol. The fraction of sp³-hybridized carbons (Fsp3) is 0.286. The highest BCUT2D eigenvalue weighted by atomic mass is 16.5. The van der Waals surface area contributed by atoms with Gasteiger partial charge in [-0.2, -0.15) is 0 Å². The average Bonchev–Trinajstić information content (AvgIpc) is 4.01. The largest absolute Gasteiger partial charge is 0.458 e. The molecule has 3 heterocycles. The maximum Gasteiger partial charge on any atom is 0.269 e. The zero-order valence-electron chi connectivity index (χ0n) is 46.7. The van der Waals surface area contributed by atoms with Crippen LogP contribution in [0.15, 0.2) is 182 Å². The summed E-state index contributed by atoms with van der Waals surface area (Å²) in [6.45, 7) is 32.2. The average molecular weight is 987 g/mol. The van der Waals surface area contributed by atoms with Crippen molar-refractivity contribution in [3.8, 4) is 39.8 Å². The number of nitrogens with zero attached hydrogens (tertiary/aromatic N) is 4. The number of hydrogen-bond donors (Lipinski definition) is 0. The zero-order valence-corrected chi connectivity index (χ0v) is 46.7. The molecule has 75 heavy (non-hydrogen) atoms. The Morgan fingerprint density at radius 2 is 1.09 bits per heavy atom. The lowest BCUT2D eigenvalue weighted by Gasteiger charge is -2.30. The topological polar surface area (TPSA) is 35.9 Å². The highest BCUT2D eigenvalue weighted by molar-refractivity contribution is 6.09. The second kappa shape index (κ2) is 19.3. The van der Waals surface area contributed by atoms with Crippen LogP contribution in [0.25, 0.3) is 50.1 Å². The molecule has 3 aromatic heterocycles. The maximum atomic E-state index is 7.23. The van der Waals surface area contributed by atoms with Gasteiger partial charge in [-0.25, -0.2) is 4.98 Å². The summed E-state index contributed by atoms with van der Waals surface area (Å²) in [7, 11) is 0. The molecule has 0 atom stereocenters. The van der Waals surface area contributed by atoms with Gasteiger partial charge in [0, 0.05) is 40.1 Å². The van der Waals surface area contributed by atoms with Gasteiger partial charge in [-0.1, -0.05) is 200 Å². The smallest absolute Gasteiger partial charge is 0.269 e. The molecule has 0 aliphatic rings. The van der Waals surface area contributed by atoms with Crippen LogP contribution in [0.3, 0.4) is 0 Å². The van der Waals surface area contributed by atoms with Crippen LogP contribution in [0, 0.1) is 6.33 Å². The van der Waals surface area contributed by atoms with E-state index in [1.807, 2.05) is 6.20 Å². The van der Waals surface area contributed by atoms with E-state index in [9.17, 15) is 0 Å². The van der Waals surface area contributed by atoms with E-state index in [-0.39, 0.29) is 21.7 Å². The summed E-state index contributed by atoms with van der Waals surface area (Å²) in [4.78, 5) is 5.05. The standard InChI is InChI=1S/C70H74N4O/c1-46(2)58-29-23-30-59(47(3)4)66(58)48-36-55(73-45-72(44-64(73)68(8,9)10)54-39-52(67(5,6)7)38-53(40-54)70(13,14)50-26-19-16-20-27-50)42-57(37-48)75-56-32-33-61-60-28-21-22-31-62(60)74(63(61)43-56)65-41-51(34-35-71-65)69(11,12)49-24-17-15-18-25-49/h15-44,46-47H,1-14H3. The Bertz CT molecular complexity index is 3680. The van der Waals surface area contributed by atoms with Crippen molar-refractivity contribution in [1.82, 2.24) is 14.1 Å². The molecule has 0 aliphatic heterocycles. The number of ether oxygens (including phenoxy) is 1. The minimum atomic E-state index is -0.244. The lowest BCUT2D eigenvalue weighted by molar-refractivity contribution is -0.599. The summed E-state index contributed by atoms with van der Waals surface area (Å²) in [5, 5.41) is 2.31. The number of hydrogen-bond acceptors (Lipinski definition) is 2. The molecule has 5 heteroatoms. The van der Waals surface area contributed by atoms with Crippen molar-refractivity contribution in [2.75, 3.05) is 0 Å². The molecule has 0 saturated carbocycles. The van der Waals surface area contributed by atoms with Gasteiger partial charge in [-0.15, -0.1) is 0 Å². The first-order valence-electron chi connectivity index (χ1n) is 26.9. The van der Waals surface area contributed by atoms with E-state index in [4.69, 9.17) is 9.72 Å². The molecule has 0 bridgehead atoms.